The fourth-order valence-corrected chi connectivity index (χ4v) is 1.06. The summed E-state index contributed by atoms with van der Waals surface area (Å²) in [5.41, 5.74) is 0. The zero-order valence-electron chi connectivity index (χ0n) is 7.84. The average Bonchev–Trinajstić information content (AvgIpc) is 2.05. The second-order valence-electron chi connectivity index (χ2n) is 2.87. The molecule has 0 amide bonds. The van der Waals surface area contributed by atoms with Gasteiger partial charge in [-0.15, -0.1) is 6.58 Å². The van der Waals surface area contributed by atoms with Gasteiger partial charge in [-0.05, 0) is 31.6 Å². The third-order valence-corrected chi connectivity index (χ3v) is 1.99. The number of rotatable bonds is 6. The van der Waals surface area contributed by atoms with E-state index in [4.69, 9.17) is 0 Å². The topological polar surface area (TPSA) is 0 Å². The van der Waals surface area contributed by atoms with Gasteiger partial charge in [0.15, 0.2) is 0 Å². The van der Waals surface area contributed by atoms with E-state index in [1.807, 2.05) is 6.08 Å². The lowest BCUT2D eigenvalue weighted by Gasteiger charge is -2.03. The molecule has 0 spiro atoms. The summed E-state index contributed by atoms with van der Waals surface area (Å²) in [6.45, 7) is 8.17. The predicted molar refractivity (Wildman–Crippen MR) is 52.6 cm³/mol. The Hall–Kier alpha value is -0.520. The molecule has 0 aromatic rings. The fraction of sp³-hybridized carbons (Fsp3) is 0.636. The van der Waals surface area contributed by atoms with Crippen LogP contribution in [0.4, 0.5) is 0 Å². The molecule has 0 aliphatic carbocycles. The molecule has 0 heteroatoms. The summed E-state index contributed by atoms with van der Waals surface area (Å²) in [7, 11) is 0. The largest absolute Gasteiger partial charge is 0.103 e. The Morgan fingerprint density at radius 1 is 1.18 bits per heavy atom. The molecule has 0 N–H and O–H groups in total. The molecule has 0 aromatic carbocycles. The molecule has 0 aromatic heterocycles. The van der Waals surface area contributed by atoms with Crippen molar-refractivity contribution in [2.24, 2.45) is 5.92 Å². The second-order valence-corrected chi connectivity index (χ2v) is 2.87. The van der Waals surface area contributed by atoms with Gasteiger partial charge >= 0.3 is 0 Å². The van der Waals surface area contributed by atoms with Gasteiger partial charge in [-0.25, -0.2) is 0 Å². The Morgan fingerprint density at radius 3 is 2.27 bits per heavy atom. The molecule has 0 aliphatic heterocycles. The van der Waals surface area contributed by atoms with E-state index in [-0.39, 0.29) is 0 Å². The molecule has 0 aliphatic rings. The van der Waals surface area contributed by atoms with Gasteiger partial charge in [0, 0.05) is 0 Å². The molecule has 0 radical (unpaired) electrons. The first kappa shape index (κ1) is 10.5. The van der Waals surface area contributed by atoms with Crippen LogP contribution in [0.3, 0.4) is 0 Å². The molecular formula is C11H20. The van der Waals surface area contributed by atoms with Gasteiger partial charge in [0.05, 0.1) is 0 Å². The maximum Gasteiger partial charge on any atom is -0.0239 e. The van der Waals surface area contributed by atoms with Gasteiger partial charge in [0.25, 0.3) is 0 Å². The number of unbranched alkanes of at least 4 members (excludes halogenated alkanes) is 1. The first-order valence-corrected chi connectivity index (χ1v) is 4.62. The zero-order chi connectivity index (χ0) is 8.53. The maximum absolute atomic E-state index is 3.68. The Morgan fingerprint density at radius 2 is 1.82 bits per heavy atom. The van der Waals surface area contributed by atoms with E-state index in [2.05, 4.69) is 32.6 Å². The third-order valence-electron chi connectivity index (χ3n) is 1.99. The van der Waals surface area contributed by atoms with Gasteiger partial charge in [0.1, 0.15) is 0 Å². The minimum atomic E-state index is 0.791. The highest BCUT2D eigenvalue weighted by Crippen LogP contribution is 2.09. The Bertz CT molecular complexity index is 107. The normalized spacial score (nSPS) is 11.2. The molecule has 0 unspecified atom stereocenters. The number of allylic oxidation sites excluding steroid dienone is 3. The summed E-state index contributed by atoms with van der Waals surface area (Å²) in [5.74, 6) is 0.791. The first-order chi connectivity index (χ1) is 5.35. The van der Waals surface area contributed by atoms with Gasteiger partial charge in [-0.3, -0.25) is 0 Å². The van der Waals surface area contributed by atoms with E-state index in [0.29, 0.717) is 0 Å². The van der Waals surface area contributed by atoms with E-state index >= 15 is 0 Å². The molecule has 0 bridgehead atoms. The van der Waals surface area contributed by atoms with Crippen LogP contribution in [-0.4, -0.2) is 0 Å². The van der Waals surface area contributed by atoms with Crippen LogP contribution >= 0.6 is 0 Å². The van der Waals surface area contributed by atoms with Gasteiger partial charge in [-0.2, -0.15) is 0 Å². The molecular weight excluding hydrogens is 132 g/mol. The minimum absolute atomic E-state index is 0.791. The Balaban J connectivity index is 3.44. The van der Waals surface area contributed by atoms with E-state index in [0.717, 1.165) is 18.8 Å². The molecule has 0 saturated heterocycles. The van der Waals surface area contributed by atoms with Crippen molar-refractivity contribution in [3.05, 3.63) is 24.8 Å². The van der Waals surface area contributed by atoms with Gasteiger partial charge < -0.3 is 0 Å². The Labute approximate surface area is 71.0 Å². The summed E-state index contributed by atoms with van der Waals surface area (Å²) in [4.78, 5) is 0. The lowest BCUT2D eigenvalue weighted by Crippen LogP contribution is -1.89. The fourth-order valence-electron chi connectivity index (χ4n) is 1.06. The second kappa shape index (κ2) is 7.59. The van der Waals surface area contributed by atoms with Crippen molar-refractivity contribution < 1.29 is 0 Å². The van der Waals surface area contributed by atoms with Crippen molar-refractivity contribution in [3.8, 4) is 0 Å². The molecule has 11 heavy (non-hydrogen) atoms. The van der Waals surface area contributed by atoms with Crippen molar-refractivity contribution in [2.75, 3.05) is 0 Å². The smallest absolute Gasteiger partial charge is 0.0239 e. The number of hydrogen-bond acceptors (Lipinski definition) is 0. The van der Waals surface area contributed by atoms with Crippen LogP contribution in [0.2, 0.25) is 0 Å². The predicted octanol–water partition coefficient (Wildman–Crippen LogP) is 3.95. The quantitative estimate of drug-likeness (QED) is 0.399. The highest BCUT2D eigenvalue weighted by molar-refractivity contribution is 4.88. The van der Waals surface area contributed by atoms with Crippen molar-refractivity contribution in [3.63, 3.8) is 0 Å². The van der Waals surface area contributed by atoms with E-state index in [1.165, 1.54) is 12.8 Å². The summed E-state index contributed by atoms with van der Waals surface area (Å²) >= 11 is 0. The highest BCUT2D eigenvalue weighted by Gasteiger charge is 1.94. The standard InChI is InChI=1S/C11H20/c1-4-7-8-9-10-11(5-2)6-3/h4,9-11H,1,5-8H2,2-3H3. The van der Waals surface area contributed by atoms with Crippen LogP contribution in [0.1, 0.15) is 39.5 Å². The SMILES string of the molecule is C=CCCC=CC(CC)CC. The van der Waals surface area contributed by atoms with Crippen LogP contribution in [0.25, 0.3) is 0 Å². The van der Waals surface area contributed by atoms with Crippen LogP contribution in [0.5, 0.6) is 0 Å². The summed E-state index contributed by atoms with van der Waals surface area (Å²) in [6, 6.07) is 0. The molecule has 0 rings (SSSR count). The van der Waals surface area contributed by atoms with Crippen LogP contribution in [0, 0.1) is 5.92 Å². The molecule has 0 heterocycles. The summed E-state index contributed by atoms with van der Waals surface area (Å²) in [6.07, 6.45) is 11.4. The monoisotopic (exact) mass is 152 g/mol. The van der Waals surface area contributed by atoms with Crippen LogP contribution < -0.4 is 0 Å². The maximum atomic E-state index is 3.68. The van der Waals surface area contributed by atoms with Crippen LogP contribution in [0.15, 0.2) is 24.8 Å². The minimum Gasteiger partial charge on any atom is -0.103 e. The molecule has 0 saturated carbocycles. The third kappa shape index (κ3) is 5.90. The van der Waals surface area contributed by atoms with E-state index in [9.17, 15) is 0 Å². The summed E-state index contributed by atoms with van der Waals surface area (Å²) in [5, 5.41) is 0. The molecule has 0 fully saturated rings. The van der Waals surface area contributed by atoms with Crippen molar-refractivity contribution >= 4 is 0 Å². The zero-order valence-corrected chi connectivity index (χ0v) is 7.84. The lowest BCUT2D eigenvalue weighted by atomic mass is 10.0. The molecule has 0 atom stereocenters. The molecule has 0 nitrogen and oxygen atoms in total. The lowest BCUT2D eigenvalue weighted by molar-refractivity contribution is 0.604. The van der Waals surface area contributed by atoms with Crippen molar-refractivity contribution in [1.82, 2.24) is 0 Å². The van der Waals surface area contributed by atoms with Crippen molar-refractivity contribution in [1.29, 1.82) is 0 Å². The highest BCUT2D eigenvalue weighted by atomic mass is 14.0. The van der Waals surface area contributed by atoms with Crippen LogP contribution in [-0.2, 0) is 0 Å². The summed E-state index contributed by atoms with van der Waals surface area (Å²) < 4.78 is 0. The average molecular weight is 152 g/mol. The number of hydrogen-bond donors (Lipinski definition) is 0. The van der Waals surface area contributed by atoms with Gasteiger partial charge in [-0.1, -0.05) is 32.1 Å². The molecule has 64 valence electrons. The van der Waals surface area contributed by atoms with E-state index in [1.54, 1.807) is 0 Å². The van der Waals surface area contributed by atoms with Gasteiger partial charge in [0.2, 0.25) is 0 Å². The Kier molecular flexibility index (Phi) is 7.23. The van der Waals surface area contributed by atoms with E-state index < -0.39 is 0 Å². The first-order valence-electron chi connectivity index (χ1n) is 4.62. The van der Waals surface area contributed by atoms with Crippen molar-refractivity contribution in [2.45, 2.75) is 39.5 Å².